The second-order valence-corrected chi connectivity index (χ2v) is 18.4. The maximum atomic E-state index is 11.7. The van der Waals surface area contributed by atoms with Crippen molar-refractivity contribution in [3.05, 3.63) is 0 Å². The molecule has 6 rings (SSSR count). The Bertz CT molecular complexity index is 1240. The second kappa shape index (κ2) is 16.2. The van der Waals surface area contributed by atoms with Crippen LogP contribution in [0.1, 0.15) is 120 Å². The molecule has 0 saturated carbocycles. The molecule has 6 saturated heterocycles. The van der Waals surface area contributed by atoms with Crippen LogP contribution in [0.2, 0.25) is 0 Å². The number of carboxylic acid groups (broad SMARTS) is 1. The Morgan fingerprint density at radius 1 is 0.885 bits per heavy atom. The van der Waals surface area contributed by atoms with Gasteiger partial charge in [-0.05, 0) is 76.5 Å². The number of aliphatic hydroxyl groups is 2. The molecule has 0 amide bonds. The molecule has 11 nitrogen and oxygen atoms in total. The zero-order valence-electron chi connectivity index (χ0n) is 33.8. The Morgan fingerprint density at radius 3 is 2.25 bits per heavy atom. The number of hydrogen-bond acceptors (Lipinski definition) is 11. The van der Waals surface area contributed by atoms with Crippen molar-refractivity contribution in [3.63, 3.8) is 0 Å². The van der Waals surface area contributed by atoms with E-state index in [2.05, 4.69) is 48.5 Å². The summed E-state index contributed by atoms with van der Waals surface area (Å²) in [6.45, 7) is 18.3. The molecule has 0 aliphatic carbocycles. The number of carbonyl (C=O) groups excluding carboxylic acids is 1. The van der Waals surface area contributed by atoms with Gasteiger partial charge in [0.2, 0.25) is 0 Å². The van der Waals surface area contributed by atoms with E-state index < -0.39 is 41.3 Å². The molecule has 0 aromatic rings. The minimum atomic E-state index is -1.55. The quantitative estimate of drug-likeness (QED) is 0.331. The molecule has 52 heavy (non-hydrogen) atoms. The van der Waals surface area contributed by atoms with Crippen molar-refractivity contribution in [3.8, 4) is 0 Å². The average molecular weight is 747 g/mol. The maximum absolute atomic E-state index is 11.7. The second-order valence-electron chi connectivity index (χ2n) is 18.4. The Balaban J connectivity index is 0.00000523. The molecule has 1 unspecified atom stereocenters. The molecular weight excluding hydrogens is 679 g/mol. The summed E-state index contributed by atoms with van der Waals surface area (Å²) in [7, 11) is 1.76. The smallest absolute Gasteiger partial charge is 0.550 e. The van der Waals surface area contributed by atoms with Crippen LogP contribution in [0.4, 0.5) is 0 Å². The maximum Gasteiger partial charge on any atom is 1.00 e. The zero-order valence-corrected chi connectivity index (χ0v) is 35.8. The van der Waals surface area contributed by atoms with Crippen LogP contribution in [0.25, 0.3) is 0 Å². The number of hydrogen-bond donors (Lipinski definition) is 2. The standard InChI is InChI=1S/C40H68O11.Na/c1-21-11-12-28(46-33(21)26(6)36(42)43)17-29-18-30(45-10)27(7)40(48-29)25(5)19-38(9,51-40)32-13-14-37(8,49-32)35-23(3)16-31(47-35)34-22(2)15-24(4)39(44,20-41)50-34;/h21-35,41,44H,11-20H2,1-10H3,(H,42,43);/q;+1/p-1/t21-,22-,23+,24+,25-,26-,27+,28+,29+,30+,31-,32+,33?,34-,35-,37-,38+,39-,40+;/m1./s1. The zero-order chi connectivity index (χ0) is 37.3. The summed E-state index contributed by atoms with van der Waals surface area (Å²) >= 11 is 0. The number of carboxylic acids is 1. The topological polar surface area (TPSA) is 145 Å². The number of carbonyl (C=O) groups is 1. The van der Waals surface area contributed by atoms with Crippen LogP contribution in [-0.2, 0) is 38.0 Å². The summed E-state index contributed by atoms with van der Waals surface area (Å²) in [5, 5.41) is 32.7. The number of aliphatic hydroxyl groups excluding tert-OH is 1. The minimum absolute atomic E-state index is 0. The van der Waals surface area contributed by atoms with E-state index >= 15 is 0 Å². The fourth-order valence-corrected chi connectivity index (χ4v) is 11.3. The molecule has 0 aromatic heterocycles. The SMILES string of the molecule is CO[C@H]1C[C@H](C[C@@H]2CC[C@@H](C)C([C@@H](C)C(=O)[O-])O2)O[C@@]2(O[C@](C)([C@@H]3CC[C@](C)([C@@H]4O[C@@H]([C@@H]5O[C@](O)(CO)[C@@H](C)C[C@H]5C)C[C@@H]4C)O3)C[C@H]2C)[C@H]1C.[Na+]. The molecule has 12 heteroatoms. The predicted molar refractivity (Wildman–Crippen MR) is 186 cm³/mol. The van der Waals surface area contributed by atoms with E-state index in [1.54, 1.807) is 14.0 Å². The first-order chi connectivity index (χ1) is 23.9. The molecular formula is C40H67NaO11. The minimum Gasteiger partial charge on any atom is -0.550 e. The molecule has 294 valence electrons. The van der Waals surface area contributed by atoms with Gasteiger partial charge in [-0.25, -0.2) is 0 Å². The number of methoxy groups -OCH3 is 1. The number of aliphatic carboxylic acids is 1. The van der Waals surface area contributed by atoms with E-state index in [1.165, 1.54) is 0 Å². The van der Waals surface area contributed by atoms with Crippen LogP contribution >= 0.6 is 0 Å². The van der Waals surface area contributed by atoms with Crippen LogP contribution < -0.4 is 34.7 Å². The van der Waals surface area contributed by atoms with Gasteiger partial charge in [0.1, 0.15) is 0 Å². The average Bonchev–Trinajstić information content (AvgIpc) is 3.75. The fourth-order valence-electron chi connectivity index (χ4n) is 11.3. The van der Waals surface area contributed by atoms with Gasteiger partial charge in [-0.3, -0.25) is 0 Å². The van der Waals surface area contributed by atoms with Crippen molar-refractivity contribution in [2.24, 2.45) is 41.4 Å². The van der Waals surface area contributed by atoms with E-state index in [1.807, 2.05) is 6.92 Å². The van der Waals surface area contributed by atoms with Gasteiger partial charge in [-0.15, -0.1) is 0 Å². The number of ether oxygens (including phenoxy) is 7. The van der Waals surface area contributed by atoms with Crippen LogP contribution in [0, 0.1) is 41.4 Å². The summed E-state index contributed by atoms with van der Waals surface area (Å²) < 4.78 is 46.9. The summed E-state index contributed by atoms with van der Waals surface area (Å²) in [5.74, 6) is -3.70. The summed E-state index contributed by atoms with van der Waals surface area (Å²) in [6.07, 6.45) is 5.62. The van der Waals surface area contributed by atoms with Gasteiger partial charge < -0.3 is 53.3 Å². The third-order valence-electron chi connectivity index (χ3n) is 14.4. The van der Waals surface area contributed by atoms with Crippen LogP contribution in [-0.4, -0.2) is 102 Å². The molecule has 6 aliphatic heterocycles. The molecule has 1 spiro atoms. The molecule has 6 aliphatic rings. The molecule has 0 aromatic carbocycles. The van der Waals surface area contributed by atoms with Crippen LogP contribution in [0.5, 0.6) is 0 Å². The van der Waals surface area contributed by atoms with Gasteiger partial charge in [-0.2, -0.15) is 0 Å². The van der Waals surface area contributed by atoms with Crippen molar-refractivity contribution in [1.29, 1.82) is 0 Å². The van der Waals surface area contributed by atoms with E-state index in [4.69, 9.17) is 33.2 Å². The van der Waals surface area contributed by atoms with Crippen LogP contribution in [0.3, 0.4) is 0 Å². The first-order valence-electron chi connectivity index (χ1n) is 20.0. The van der Waals surface area contributed by atoms with Gasteiger partial charge >= 0.3 is 29.6 Å². The van der Waals surface area contributed by atoms with E-state index in [9.17, 15) is 20.1 Å². The molecule has 6 fully saturated rings. The van der Waals surface area contributed by atoms with Gasteiger partial charge in [0.05, 0.1) is 66.6 Å². The summed E-state index contributed by atoms with van der Waals surface area (Å²) in [5.41, 5.74) is -1.11. The molecule has 6 heterocycles. The Hall–Kier alpha value is 0.110. The monoisotopic (exact) mass is 746 g/mol. The van der Waals surface area contributed by atoms with Crippen molar-refractivity contribution in [1.82, 2.24) is 0 Å². The van der Waals surface area contributed by atoms with E-state index in [-0.39, 0.29) is 114 Å². The third kappa shape index (κ3) is 7.85. The van der Waals surface area contributed by atoms with Gasteiger partial charge in [-0.1, -0.05) is 48.5 Å². The molecule has 19 atom stereocenters. The van der Waals surface area contributed by atoms with E-state index in [0.29, 0.717) is 6.42 Å². The molecule has 0 bridgehead atoms. The van der Waals surface area contributed by atoms with Crippen molar-refractivity contribution < 1.29 is 82.8 Å². The van der Waals surface area contributed by atoms with E-state index in [0.717, 1.165) is 51.4 Å². The van der Waals surface area contributed by atoms with Crippen molar-refractivity contribution in [2.75, 3.05) is 13.7 Å². The molecule has 0 radical (unpaired) electrons. The molecule has 2 N–H and O–H groups in total. The van der Waals surface area contributed by atoms with Gasteiger partial charge in [0.25, 0.3) is 0 Å². The third-order valence-corrected chi connectivity index (χ3v) is 14.4. The summed E-state index contributed by atoms with van der Waals surface area (Å²) in [4.78, 5) is 11.7. The fraction of sp³-hybridized carbons (Fsp3) is 0.975. The van der Waals surface area contributed by atoms with Crippen molar-refractivity contribution >= 4 is 5.97 Å². The Labute approximate surface area is 334 Å². The number of rotatable bonds is 9. The first-order valence-corrected chi connectivity index (χ1v) is 20.0. The largest absolute Gasteiger partial charge is 1.00 e. The van der Waals surface area contributed by atoms with Gasteiger partial charge in [0.15, 0.2) is 11.6 Å². The van der Waals surface area contributed by atoms with Gasteiger partial charge in [0, 0.05) is 49.6 Å². The summed E-state index contributed by atoms with van der Waals surface area (Å²) in [6, 6.07) is 0. The predicted octanol–water partition coefficient (Wildman–Crippen LogP) is 1.37. The Morgan fingerprint density at radius 2 is 1.60 bits per heavy atom. The normalized spacial score (nSPS) is 53.2. The van der Waals surface area contributed by atoms with Crippen molar-refractivity contribution in [2.45, 2.75) is 192 Å². The first kappa shape index (κ1) is 43.2. The van der Waals surface area contributed by atoms with Crippen LogP contribution in [0.15, 0.2) is 0 Å². The Kier molecular flexibility index (Phi) is 13.4.